The largest absolute Gasteiger partial charge is 0.478 e. The van der Waals surface area contributed by atoms with Crippen molar-refractivity contribution in [1.29, 1.82) is 0 Å². The van der Waals surface area contributed by atoms with E-state index >= 15 is 0 Å². The summed E-state index contributed by atoms with van der Waals surface area (Å²) < 4.78 is 0. The van der Waals surface area contributed by atoms with Crippen LogP contribution in [0.3, 0.4) is 0 Å². The minimum atomic E-state index is -0.996. The van der Waals surface area contributed by atoms with Crippen LogP contribution >= 0.6 is 0 Å². The molecule has 0 aliphatic heterocycles. The predicted molar refractivity (Wildman–Crippen MR) is 66.2 cm³/mol. The maximum absolute atomic E-state index is 11.4. The number of hydrogen-bond donors (Lipinski definition) is 2. The lowest BCUT2D eigenvalue weighted by atomic mass is 10.1. The number of hydrogen-bond acceptors (Lipinski definition) is 2. The summed E-state index contributed by atoms with van der Waals surface area (Å²) in [6, 6.07) is 4.82. The molecule has 4 heteroatoms. The van der Waals surface area contributed by atoms with Gasteiger partial charge in [-0.1, -0.05) is 12.1 Å². The Kier molecular flexibility index (Phi) is 4.46. The third kappa shape index (κ3) is 3.75. The van der Waals surface area contributed by atoms with Crippen molar-refractivity contribution in [3.05, 3.63) is 42.0 Å². The van der Waals surface area contributed by atoms with Gasteiger partial charge in [0.15, 0.2) is 0 Å². The molecule has 0 bridgehead atoms. The van der Waals surface area contributed by atoms with E-state index in [1.54, 1.807) is 25.1 Å². The number of aryl methyl sites for hydroxylation is 1. The highest BCUT2D eigenvalue weighted by Crippen LogP contribution is 2.15. The Bertz CT molecular complexity index is 452. The monoisotopic (exact) mass is 233 g/mol. The minimum absolute atomic E-state index is 0.148. The van der Waals surface area contributed by atoms with Gasteiger partial charge in [-0.25, -0.2) is 4.79 Å². The van der Waals surface area contributed by atoms with Gasteiger partial charge in [-0.15, -0.1) is 6.58 Å². The van der Waals surface area contributed by atoms with Crippen molar-refractivity contribution in [3.8, 4) is 0 Å². The number of carboxylic acids is 1. The van der Waals surface area contributed by atoms with Crippen LogP contribution in [0, 0.1) is 6.92 Å². The fourth-order valence-corrected chi connectivity index (χ4v) is 1.39. The van der Waals surface area contributed by atoms with Crippen molar-refractivity contribution in [1.82, 2.24) is 0 Å². The molecule has 0 unspecified atom stereocenters. The topological polar surface area (TPSA) is 66.4 Å². The van der Waals surface area contributed by atoms with Gasteiger partial charge in [-0.3, -0.25) is 4.79 Å². The first-order valence-electron chi connectivity index (χ1n) is 5.29. The summed E-state index contributed by atoms with van der Waals surface area (Å²) in [6.07, 6.45) is 2.61. The molecule has 0 saturated carbocycles. The van der Waals surface area contributed by atoms with Gasteiger partial charge >= 0.3 is 5.97 Å². The highest BCUT2D eigenvalue weighted by Gasteiger charge is 2.09. The van der Waals surface area contributed by atoms with Gasteiger partial charge in [-0.2, -0.15) is 0 Å². The second kappa shape index (κ2) is 5.84. The van der Waals surface area contributed by atoms with E-state index in [1.807, 2.05) is 0 Å². The molecule has 0 atom stereocenters. The zero-order chi connectivity index (χ0) is 12.8. The number of carboxylic acid groups (broad SMARTS) is 1. The molecule has 1 aromatic rings. The standard InChI is InChI=1S/C13H15NO3/c1-3-4-5-12(15)14-10-7-6-9(2)11(8-10)13(16)17/h3,6-8H,1,4-5H2,2H3,(H,14,15)(H,16,17). The van der Waals surface area contributed by atoms with E-state index in [0.29, 0.717) is 24.1 Å². The molecule has 0 aliphatic rings. The van der Waals surface area contributed by atoms with Gasteiger partial charge < -0.3 is 10.4 Å². The number of carbonyl (C=O) groups excluding carboxylic acids is 1. The Hall–Kier alpha value is -2.10. The molecule has 0 aromatic heterocycles. The number of benzene rings is 1. The number of allylic oxidation sites excluding steroid dienone is 1. The fraction of sp³-hybridized carbons (Fsp3) is 0.231. The van der Waals surface area contributed by atoms with Crippen LogP contribution in [0.15, 0.2) is 30.9 Å². The Labute approximate surface area is 100.0 Å². The van der Waals surface area contributed by atoms with E-state index in [-0.39, 0.29) is 11.5 Å². The maximum Gasteiger partial charge on any atom is 0.336 e. The van der Waals surface area contributed by atoms with Gasteiger partial charge in [-0.05, 0) is 31.0 Å². The average molecular weight is 233 g/mol. The van der Waals surface area contributed by atoms with Crippen LogP contribution < -0.4 is 5.32 Å². The lowest BCUT2D eigenvalue weighted by Gasteiger charge is -2.07. The number of anilines is 1. The molecule has 90 valence electrons. The summed E-state index contributed by atoms with van der Waals surface area (Å²) in [4.78, 5) is 22.3. The van der Waals surface area contributed by atoms with Gasteiger partial charge in [0.2, 0.25) is 5.91 Å². The Balaban J connectivity index is 2.79. The lowest BCUT2D eigenvalue weighted by molar-refractivity contribution is -0.116. The first-order chi connectivity index (χ1) is 8.04. The Morgan fingerprint density at radius 3 is 2.76 bits per heavy atom. The molecule has 17 heavy (non-hydrogen) atoms. The van der Waals surface area contributed by atoms with Gasteiger partial charge in [0, 0.05) is 12.1 Å². The van der Waals surface area contributed by atoms with Crippen molar-refractivity contribution in [2.45, 2.75) is 19.8 Å². The van der Waals surface area contributed by atoms with Crippen molar-refractivity contribution in [2.24, 2.45) is 0 Å². The predicted octanol–water partition coefficient (Wildman–Crippen LogP) is 2.60. The Morgan fingerprint density at radius 1 is 1.47 bits per heavy atom. The highest BCUT2D eigenvalue weighted by molar-refractivity contribution is 5.94. The number of nitrogens with one attached hydrogen (secondary N) is 1. The molecule has 1 amide bonds. The SMILES string of the molecule is C=CCCC(=O)Nc1ccc(C)c(C(=O)O)c1. The summed E-state index contributed by atoms with van der Waals surface area (Å²) >= 11 is 0. The van der Waals surface area contributed by atoms with E-state index in [1.165, 1.54) is 6.07 Å². The molecule has 2 N–H and O–H groups in total. The van der Waals surface area contributed by atoms with Crippen molar-refractivity contribution >= 4 is 17.6 Å². The average Bonchev–Trinajstić information content (AvgIpc) is 2.28. The molecular formula is C13H15NO3. The number of amides is 1. The zero-order valence-electron chi connectivity index (χ0n) is 9.69. The third-order valence-corrected chi connectivity index (χ3v) is 2.33. The van der Waals surface area contributed by atoms with Crippen LogP contribution in [0.5, 0.6) is 0 Å². The molecule has 4 nitrogen and oxygen atoms in total. The molecular weight excluding hydrogens is 218 g/mol. The quantitative estimate of drug-likeness (QED) is 0.768. The first kappa shape index (κ1) is 13.0. The molecule has 1 aromatic carbocycles. The van der Waals surface area contributed by atoms with Crippen LogP contribution in [0.25, 0.3) is 0 Å². The normalized spacial score (nSPS) is 9.71. The van der Waals surface area contributed by atoms with E-state index in [2.05, 4.69) is 11.9 Å². The molecule has 0 heterocycles. The van der Waals surface area contributed by atoms with Crippen molar-refractivity contribution in [2.75, 3.05) is 5.32 Å². The van der Waals surface area contributed by atoms with Crippen LogP contribution in [-0.2, 0) is 4.79 Å². The van der Waals surface area contributed by atoms with Gasteiger partial charge in [0.05, 0.1) is 5.56 Å². The zero-order valence-corrected chi connectivity index (χ0v) is 9.69. The van der Waals surface area contributed by atoms with Crippen LogP contribution in [0.2, 0.25) is 0 Å². The lowest BCUT2D eigenvalue weighted by Crippen LogP contribution is -2.11. The van der Waals surface area contributed by atoms with Crippen LogP contribution in [-0.4, -0.2) is 17.0 Å². The van der Waals surface area contributed by atoms with Crippen molar-refractivity contribution < 1.29 is 14.7 Å². The van der Waals surface area contributed by atoms with E-state index in [0.717, 1.165) is 0 Å². The van der Waals surface area contributed by atoms with E-state index in [4.69, 9.17) is 5.11 Å². The number of rotatable bonds is 5. The minimum Gasteiger partial charge on any atom is -0.478 e. The highest BCUT2D eigenvalue weighted by atomic mass is 16.4. The first-order valence-corrected chi connectivity index (χ1v) is 5.29. The van der Waals surface area contributed by atoms with E-state index in [9.17, 15) is 9.59 Å². The summed E-state index contributed by atoms with van der Waals surface area (Å²) in [7, 11) is 0. The third-order valence-electron chi connectivity index (χ3n) is 2.33. The van der Waals surface area contributed by atoms with Gasteiger partial charge in [0.25, 0.3) is 0 Å². The van der Waals surface area contributed by atoms with E-state index < -0.39 is 5.97 Å². The van der Waals surface area contributed by atoms with Crippen LogP contribution in [0.4, 0.5) is 5.69 Å². The maximum atomic E-state index is 11.4. The molecule has 0 saturated heterocycles. The van der Waals surface area contributed by atoms with Crippen LogP contribution in [0.1, 0.15) is 28.8 Å². The molecule has 0 aliphatic carbocycles. The second-order valence-corrected chi connectivity index (χ2v) is 3.71. The summed E-state index contributed by atoms with van der Waals surface area (Å²) in [5.74, 6) is -1.14. The molecule has 0 spiro atoms. The fourth-order valence-electron chi connectivity index (χ4n) is 1.39. The summed E-state index contributed by atoms with van der Waals surface area (Å²) in [6.45, 7) is 5.25. The molecule has 1 rings (SSSR count). The van der Waals surface area contributed by atoms with Gasteiger partial charge in [0.1, 0.15) is 0 Å². The number of aromatic carboxylic acids is 1. The summed E-state index contributed by atoms with van der Waals surface area (Å²) in [5, 5.41) is 11.6. The smallest absolute Gasteiger partial charge is 0.336 e. The Morgan fingerprint density at radius 2 is 2.18 bits per heavy atom. The summed E-state index contributed by atoms with van der Waals surface area (Å²) in [5.41, 5.74) is 1.37. The second-order valence-electron chi connectivity index (χ2n) is 3.71. The number of carbonyl (C=O) groups is 2. The molecule has 0 fully saturated rings. The molecule has 0 radical (unpaired) electrons. The van der Waals surface area contributed by atoms with Crippen molar-refractivity contribution in [3.63, 3.8) is 0 Å².